The van der Waals surface area contributed by atoms with Gasteiger partial charge in [0.2, 0.25) is 10.0 Å². The minimum absolute atomic E-state index is 0.0292. The van der Waals surface area contributed by atoms with Gasteiger partial charge in [-0.15, -0.1) is 0 Å². The summed E-state index contributed by atoms with van der Waals surface area (Å²) in [5, 5.41) is 15.8. The molecule has 1 fully saturated rings. The number of rotatable bonds is 6. The van der Waals surface area contributed by atoms with Crippen LogP contribution in [-0.2, 0) is 30.8 Å². The van der Waals surface area contributed by atoms with Crippen molar-refractivity contribution in [2.75, 3.05) is 63.7 Å². The normalized spacial score (nSPS) is 18.5. The fourth-order valence-electron chi connectivity index (χ4n) is 5.75. The number of anilines is 2. The number of nitrogen functional groups attached to an aromatic ring is 1. The SMILES string of the molecule is Nc1ncc2nc1C(=O)Nc1cccc(CNCC3CCCCC3)c1OCCOCCOCCN(CC(=O)O)S(=O)(=O)c1ccc-2cc1. The molecule has 6 rings (SSSR count). The highest BCUT2D eigenvalue weighted by molar-refractivity contribution is 7.89. The van der Waals surface area contributed by atoms with E-state index in [0.29, 0.717) is 29.5 Å². The summed E-state index contributed by atoms with van der Waals surface area (Å²) in [6, 6.07) is 11.2. The molecule has 1 saturated carbocycles. The van der Waals surface area contributed by atoms with Gasteiger partial charge in [-0.05, 0) is 43.5 Å². The zero-order valence-electron chi connectivity index (χ0n) is 26.7. The van der Waals surface area contributed by atoms with Crippen molar-refractivity contribution in [3.05, 3.63) is 59.9 Å². The van der Waals surface area contributed by atoms with Gasteiger partial charge in [0.05, 0.1) is 48.9 Å². The van der Waals surface area contributed by atoms with Crippen molar-refractivity contribution < 1.29 is 37.3 Å². The van der Waals surface area contributed by atoms with Gasteiger partial charge in [0.1, 0.15) is 18.9 Å². The van der Waals surface area contributed by atoms with Gasteiger partial charge in [0.25, 0.3) is 5.91 Å². The number of para-hydroxylation sites is 1. The molecular formula is C33H42N6O8S. The van der Waals surface area contributed by atoms with Crippen molar-refractivity contribution in [1.29, 1.82) is 0 Å². The fourth-order valence-corrected chi connectivity index (χ4v) is 7.13. The fraction of sp³-hybridized carbons (Fsp3) is 0.455. The van der Waals surface area contributed by atoms with E-state index in [1.165, 1.54) is 62.6 Å². The van der Waals surface area contributed by atoms with Crippen LogP contribution in [-0.4, -0.2) is 92.3 Å². The Morgan fingerprint density at radius 1 is 1.02 bits per heavy atom. The molecule has 0 unspecified atom stereocenters. The number of carbonyl (C=O) groups is 2. The maximum Gasteiger partial charge on any atom is 0.318 e. The molecule has 0 spiro atoms. The van der Waals surface area contributed by atoms with Gasteiger partial charge < -0.3 is 35.7 Å². The number of nitrogens with zero attached hydrogens (tertiary/aromatic N) is 3. The molecule has 14 nitrogen and oxygen atoms in total. The summed E-state index contributed by atoms with van der Waals surface area (Å²) >= 11 is 0. The van der Waals surface area contributed by atoms with Crippen LogP contribution in [0.2, 0.25) is 0 Å². The monoisotopic (exact) mass is 682 g/mol. The van der Waals surface area contributed by atoms with E-state index in [4.69, 9.17) is 19.9 Å². The molecule has 1 aromatic heterocycles. The third-order valence-corrected chi connectivity index (χ3v) is 10.1. The molecule has 3 heterocycles. The number of carbonyl (C=O) groups excluding carboxylic acids is 1. The van der Waals surface area contributed by atoms with Crippen molar-refractivity contribution in [1.82, 2.24) is 19.6 Å². The molecule has 1 amide bonds. The first-order chi connectivity index (χ1) is 23.2. The van der Waals surface area contributed by atoms with Gasteiger partial charge in [0.15, 0.2) is 11.5 Å². The molecule has 258 valence electrons. The van der Waals surface area contributed by atoms with E-state index >= 15 is 0 Å². The molecule has 1 aliphatic carbocycles. The molecule has 4 bridgehead atoms. The number of sulfonamides is 1. The van der Waals surface area contributed by atoms with E-state index in [1.807, 2.05) is 12.1 Å². The number of nitrogens with two attached hydrogens (primary N) is 1. The predicted octanol–water partition coefficient (Wildman–Crippen LogP) is 3.15. The minimum Gasteiger partial charge on any atom is -0.489 e. The zero-order chi connectivity index (χ0) is 33.9. The molecular weight excluding hydrogens is 640 g/mol. The van der Waals surface area contributed by atoms with Crippen LogP contribution in [0.3, 0.4) is 0 Å². The van der Waals surface area contributed by atoms with Gasteiger partial charge in [-0.1, -0.05) is 43.5 Å². The van der Waals surface area contributed by atoms with Crippen molar-refractivity contribution in [3.8, 4) is 17.0 Å². The average Bonchev–Trinajstić information content (AvgIpc) is 3.08. The molecule has 0 atom stereocenters. The van der Waals surface area contributed by atoms with E-state index < -0.39 is 28.4 Å². The third kappa shape index (κ3) is 9.26. The third-order valence-electron chi connectivity index (χ3n) is 8.26. The number of aromatic nitrogens is 2. The van der Waals surface area contributed by atoms with Crippen molar-refractivity contribution >= 4 is 33.4 Å². The van der Waals surface area contributed by atoms with Crippen LogP contribution < -0.4 is 21.1 Å². The van der Waals surface area contributed by atoms with Crippen molar-refractivity contribution in [3.63, 3.8) is 0 Å². The molecule has 48 heavy (non-hydrogen) atoms. The number of amides is 1. The average molecular weight is 683 g/mol. The quantitative estimate of drug-likeness (QED) is 0.278. The van der Waals surface area contributed by atoms with Crippen LogP contribution in [0, 0.1) is 5.92 Å². The van der Waals surface area contributed by atoms with E-state index in [1.54, 1.807) is 6.07 Å². The minimum atomic E-state index is -4.17. The topological polar surface area (TPSA) is 195 Å². The van der Waals surface area contributed by atoms with Crippen molar-refractivity contribution in [2.24, 2.45) is 5.92 Å². The highest BCUT2D eigenvalue weighted by Gasteiger charge is 2.27. The summed E-state index contributed by atoms with van der Waals surface area (Å²) in [6.45, 7) is 1.29. The van der Waals surface area contributed by atoms with Gasteiger partial charge in [0, 0.05) is 24.2 Å². The number of carboxylic acids is 1. The molecule has 0 saturated heterocycles. The number of carboxylic acid groups (broad SMARTS) is 1. The Bertz CT molecular complexity index is 1670. The first-order valence-electron chi connectivity index (χ1n) is 16.1. The van der Waals surface area contributed by atoms with Crippen LogP contribution >= 0.6 is 0 Å². The first kappa shape index (κ1) is 35.2. The molecule has 2 aliphatic heterocycles. The Morgan fingerprint density at radius 3 is 2.50 bits per heavy atom. The van der Waals surface area contributed by atoms with Gasteiger partial charge in [-0.3, -0.25) is 9.59 Å². The molecule has 2 aromatic carbocycles. The Labute approximate surface area is 280 Å². The smallest absolute Gasteiger partial charge is 0.318 e. The van der Waals surface area contributed by atoms with Gasteiger partial charge >= 0.3 is 5.97 Å². The second-order valence-electron chi connectivity index (χ2n) is 11.7. The Kier molecular flexibility index (Phi) is 12.3. The van der Waals surface area contributed by atoms with E-state index in [9.17, 15) is 23.1 Å². The van der Waals surface area contributed by atoms with E-state index in [0.717, 1.165) is 16.4 Å². The number of hydrogen-bond acceptors (Lipinski definition) is 11. The number of nitrogens with one attached hydrogen (secondary N) is 2. The van der Waals surface area contributed by atoms with Gasteiger partial charge in [-0.2, -0.15) is 4.31 Å². The summed E-state index contributed by atoms with van der Waals surface area (Å²) in [6.07, 6.45) is 7.64. The van der Waals surface area contributed by atoms with E-state index in [2.05, 4.69) is 20.6 Å². The summed E-state index contributed by atoms with van der Waals surface area (Å²) in [7, 11) is -4.17. The Balaban J connectivity index is 1.41. The maximum absolute atomic E-state index is 13.6. The predicted molar refractivity (Wildman–Crippen MR) is 178 cm³/mol. The second-order valence-corrected chi connectivity index (χ2v) is 13.6. The Hall–Kier alpha value is -4.15. The zero-order valence-corrected chi connectivity index (χ0v) is 27.5. The standard InChI is InChI=1S/C33H42N6O8S/c34-32-30-33(42)38-27-8-4-7-25(20-35-19-23-5-2-1-3-6-23)31(27)47-18-17-46-16-15-45-14-13-39(22-29(40)41)48(43,44)26-11-9-24(10-12-26)28(37-30)21-36-32/h4,7-12,21,23,35H,1-3,5-6,13-20,22H2,(H2,34,36)(H,38,42)(H,40,41). The number of fused-ring (bicyclic) bond motifs is 13. The highest BCUT2D eigenvalue weighted by Crippen LogP contribution is 2.31. The van der Waals surface area contributed by atoms with Crippen molar-refractivity contribution in [2.45, 2.75) is 43.5 Å². The lowest BCUT2D eigenvalue weighted by Gasteiger charge is -2.22. The number of hydrogen-bond donors (Lipinski definition) is 4. The lowest BCUT2D eigenvalue weighted by molar-refractivity contribution is -0.137. The lowest BCUT2D eigenvalue weighted by atomic mass is 9.89. The number of ether oxygens (including phenoxy) is 3. The highest BCUT2D eigenvalue weighted by atomic mass is 32.2. The van der Waals surface area contributed by atoms with Gasteiger partial charge in [-0.25, -0.2) is 18.4 Å². The summed E-state index contributed by atoms with van der Waals surface area (Å²) in [5.74, 6) is -0.837. The second kappa shape index (κ2) is 16.8. The number of benzene rings is 2. The molecule has 3 aromatic rings. The van der Waals surface area contributed by atoms with Crippen LogP contribution in [0.5, 0.6) is 5.75 Å². The lowest BCUT2D eigenvalue weighted by Crippen LogP contribution is -2.38. The van der Waals surface area contributed by atoms with Crippen LogP contribution in [0.15, 0.2) is 53.6 Å². The first-order valence-corrected chi connectivity index (χ1v) is 17.5. The largest absolute Gasteiger partial charge is 0.489 e. The van der Waals surface area contributed by atoms with Crippen LogP contribution in [0.1, 0.15) is 48.2 Å². The van der Waals surface area contributed by atoms with Crippen LogP contribution in [0.25, 0.3) is 11.3 Å². The molecule has 15 heteroatoms. The summed E-state index contributed by atoms with van der Waals surface area (Å²) < 4.78 is 44.9. The maximum atomic E-state index is 13.6. The molecule has 3 aliphatic rings. The summed E-state index contributed by atoms with van der Waals surface area (Å²) in [5.41, 5.74) is 8.04. The molecule has 0 radical (unpaired) electrons. The molecule has 5 N–H and O–H groups in total. The Morgan fingerprint density at radius 2 is 1.75 bits per heavy atom. The van der Waals surface area contributed by atoms with Crippen LogP contribution in [0.4, 0.5) is 11.5 Å². The number of aliphatic carboxylic acids is 1. The van der Waals surface area contributed by atoms with E-state index in [-0.39, 0.29) is 61.7 Å². The summed E-state index contributed by atoms with van der Waals surface area (Å²) in [4.78, 5) is 33.6.